The average Bonchev–Trinajstić information content (AvgIpc) is 2.23. The zero-order valence-electron chi connectivity index (χ0n) is 11.8. The lowest BCUT2D eigenvalue weighted by Gasteiger charge is -2.22. The smallest absolute Gasteiger partial charge is 0.324 e. The molecule has 116 valence electrons. The van der Waals surface area contributed by atoms with E-state index in [1.165, 1.54) is 0 Å². The molecule has 0 unspecified atom stereocenters. The van der Waals surface area contributed by atoms with Crippen LogP contribution in [0.3, 0.4) is 0 Å². The van der Waals surface area contributed by atoms with E-state index in [0.717, 1.165) is 10.5 Å². The first kappa shape index (κ1) is 19.6. The standard InChI is InChI=1S/C14H20F3NS.ClH/c1-13(2,3)19-12-7-5-4-6-10(12)11(18)8-9-14(15,16)17;/h4-7,11H,8-9,18H2,1-3H3;1H/t11-;/m1./s1. The van der Waals surface area contributed by atoms with Gasteiger partial charge in [-0.25, -0.2) is 0 Å². The van der Waals surface area contributed by atoms with Gasteiger partial charge in [0.2, 0.25) is 0 Å². The van der Waals surface area contributed by atoms with E-state index in [-0.39, 0.29) is 23.6 Å². The number of nitrogens with two attached hydrogens (primary N) is 1. The maximum Gasteiger partial charge on any atom is 0.389 e. The van der Waals surface area contributed by atoms with Gasteiger partial charge in [0, 0.05) is 22.1 Å². The molecule has 1 nitrogen and oxygen atoms in total. The Morgan fingerprint density at radius 2 is 1.70 bits per heavy atom. The second kappa shape index (κ2) is 7.57. The summed E-state index contributed by atoms with van der Waals surface area (Å²) in [6.45, 7) is 6.20. The number of hydrogen-bond acceptors (Lipinski definition) is 2. The number of thioether (sulfide) groups is 1. The molecule has 0 aromatic heterocycles. The maximum atomic E-state index is 12.2. The Morgan fingerprint density at radius 3 is 2.20 bits per heavy atom. The fraction of sp³-hybridized carbons (Fsp3) is 0.571. The average molecular weight is 328 g/mol. The highest BCUT2D eigenvalue weighted by molar-refractivity contribution is 8.00. The van der Waals surface area contributed by atoms with Gasteiger partial charge in [0.25, 0.3) is 0 Å². The van der Waals surface area contributed by atoms with E-state index in [0.29, 0.717) is 0 Å². The fourth-order valence-electron chi connectivity index (χ4n) is 1.68. The minimum atomic E-state index is -4.15. The predicted molar refractivity (Wildman–Crippen MR) is 81.5 cm³/mol. The summed E-state index contributed by atoms with van der Waals surface area (Å²) < 4.78 is 36.7. The molecule has 0 bridgehead atoms. The van der Waals surface area contributed by atoms with Gasteiger partial charge in [0.15, 0.2) is 0 Å². The summed E-state index contributed by atoms with van der Waals surface area (Å²) in [5.41, 5.74) is 6.71. The Morgan fingerprint density at radius 1 is 1.15 bits per heavy atom. The summed E-state index contributed by atoms with van der Waals surface area (Å²) in [5.74, 6) is 0. The minimum Gasteiger partial charge on any atom is -0.324 e. The van der Waals surface area contributed by atoms with Gasteiger partial charge in [-0.1, -0.05) is 39.0 Å². The van der Waals surface area contributed by atoms with Crippen LogP contribution in [0.15, 0.2) is 29.2 Å². The van der Waals surface area contributed by atoms with Crippen molar-refractivity contribution in [1.82, 2.24) is 0 Å². The quantitative estimate of drug-likeness (QED) is 0.755. The van der Waals surface area contributed by atoms with Crippen molar-refractivity contribution in [1.29, 1.82) is 0 Å². The summed E-state index contributed by atoms with van der Waals surface area (Å²) in [5, 5.41) is 0. The Balaban J connectivity index is 0.00000361. The van der Waals surface area contributed by atoms with E-state index in [1.807, 2.05) is 24.3 Å². The number of alkyl halides is 3. The van der Waals surface area contributed by atoms with Crippen LogP contribution in [0.25, 0.3) is 0 Å². The van der Waals surface area contributed by atoms with Crippen LogP contribution < -0.4 is 5.73 Å². The van der Waals surface area contributed by atoms with Crippen molar-refractivity contribution in [2.75, 3.05) is 0 Å². The predicted octanol–water partition coefficient (Wildman–Crippen LogP) is 5.34. The first-order valence-electron chi connectivity index (χ1n) is 6.19. The summed E-state index contributed by atoms with van der Waals surface area (Å²) in [4.78, 5) is 0.963. The van der Waals surface area contributed by atoms with Crippen LogP contribution in [0.4, 0.5) is 13.2 Å². The molecule has 1 aromatic carbocycles. The number of rotatable bonds is 4. The molecular weight excluding hydrogens is 307 g/mol. The van der Waals surface area contributed by atoms with Gasteiger partial charge in [0.1, 0.15) is 0 Å². The zero-order valence-corrected chi connectivity index (χ0v) is 13.5. The molecule has 0 aliphatic carbocycles. The third-order valence-corrected chi connectivity index (χ3v) is 3.68. The van der Waals surface area contributed by atoms with Crippen LogP contribution in [0.1, 0.15) is 45.2 Å². The third-order valence-electron chi connectivity index (χ3n) is 2.47. The lowest BCUT2D eigenvalue weighted by molar-refractivity contribution is -0.136. The van der Waals surface area contributed by atoms with Gasteiger partial charge in [-0.05, 0) is 18.1 Å². The van der Waals surface area contributed by atoms with E-state index in [1.54, 1.807) is 11.8 Å². The minimum absolute atomic E-state index is 0. The van der Waals surface area contributed by atoms with Crippen molar-refractivity contribution in [3.63, 3.8) is 0 Å². The number of benzene rings is 1. The molecule has 1 rings (SSSR count). The van der Waals surface area contributed by atoms with Crippen molar-refractivity contribution in [3.8, 4) is 0 Å². The van der Waals surface area contributed by atoms with Crippen LogP contribution in [0.2, 0.25) is 0 Å². The molecule has 0 amide bonds. The molecule has 0 radical (unpaired) electrons. The van der Waals surface area contributed by atoms with Crippen molar-refractivity contribution in [2.24, 2.45) is 5.73 Å². The van der Waals surface area contributed by atoms with Crippen molar-refractivity contribution >= 4 is 24.2 Å². The topological polar surface area (TPSA) is 26.0 Å². The van der Waals surface area contributed by atoms with Gasteiger partial charge in [0.05, 0.1) is 0 Å². The molecule has 1 aromatic rings. The molecule has 20 heavy (non-hydrogen) atoms. The molecule has 0 aliphatic heterocycles. The van der Waals surface area contributed by atoms with E-state index in [4.69, 9.17) is 5.73 Å². The molecule has 0 fully saturated rings. The van der Waals surface area contributed by atoms with Crippen LogP contribution >= 0.6 is 24.2 Å². The van der Waals surface area contributed by atoms with Crippen LogP contribution in [-0.2, 0) is 0 Å². The van der Waals surface area contributed by atoms with E-state index in [2.05, 4.69) is 20.8 Å². The van der Waals surface area contributed by atoms with Crippen LogP contribution in [0, 0.1) is 0 Å². The van der Waals surface area contributed by atoms with Gasteiger partial charge < -0.3 is 5.73 Å². The Labute approximate surface area is 128 Å². The monoisotopic (exact) mass is 327 g/mol. The number of hydrogen-bond donors (Lipinski definition) is 1. The third kappa shape index (κ3) is 7.41. The van der Waals surface area contributed by atoms with Crippen molar-refractivity contribution in [2.45, 2.75) is 55.5 Å². The van der Waals surface area contributed by atoms with Gasteiger partial charge in [-0.15, -0.1) is 24.2 Å². The molecule has 2 N–H and O–H groups in total. The molecule has 0 saturated heterocycles. The number of halogens is 4. The lowest BCUT2D eigenvalue weighted by atomic mass is 10.0. The molecule has 0 heterocycles. The van der Waals surface area contributed by atoms with Crippen LogP contribution in [-0.4, -0.2) is 10.9 Å². The Bertz CT molecular complexity index is 416. The summed E-state index contributed by atoms with van der Waals surface area (Å²) in [7, 11) is 0. The SMILES string of the molecule is CC(C)(C)Sc1ccccc1[C@H](N)CCC(F)(F)F.Cl. The highest BCUT2D eigenvalue weighted by Gasteiger charge is 2.28. The van der Waals surface area contributed by atoms with Gasteiger partial charge in [-0.2, -0.15) is 13.2 Å². The second-order valence-corrected chi connectivity index (χ2v) is 7.38. The molecule has 1 atom stereocenters. The van der Waals surface area contributed by atoms with Crippen molar-refractivity contribution < 1.29 is 13.2 Å². The maximum absolute atomic E-state index is 12.2. The van der Waals surface area contributed by atoms with Gasteiger partial charge >= 0.3 is 6.18 Å². The second-order valence-electron chi connectivity index (χ2n) is 5.51. The Hall–Kier alpha value is -0.390. The molecule has 0 aliphatic rings. The lowest BCUT2D eigenvalue weighted by Crippen LogP contribution is -2.17. The van der Waals surface area contributed by atoms with E-state index in [9.17, 15) is 13.2 Å². The van der Waals surface area contributed by atoms with E-state index < -0.39 is 18.6 Å². The summed E-state index contributed by atoms with van der Waals surface area (Å²) >= 11 is 1.63. The normalized spacial score (nSPS) is 13.8. The summed E-state index contributed by atoms with van der Waals surface area (Å²) in [6.07, 6.45) is -5.07. The zero-order chi connectivity index (χ0) is 14.7. The highest BCUT2D eigenvalue weighted by Crippen LogP contribution is 2.37. The summed E-state index contributed by atoms with van der Waals surface area (Å²) in [6, 6.07) is 6.85. The molecular formula is C14H21ClF3NS. The largest absolute Gasteiger partial charge is 0.389 e. The van der Waals surface area contributed by atoms with E-state index >= 15 is 0 Å². The first-order valence-corrected chi connectivity index (χ1v) is 7.00. The molecule has 0 spiro atoms. The van der Waals surface area contributed by atoms with Crippen LogP contribution in [0.5, 0.6) is 0 Å². The van der Waals surface area contributed by atoms with Gasteiger partial charge in [-0.3, -0.25) is 0 Å². The molecule has 6 heteroatoms. The first-order chi connectivity index (χ1) is 8.58. The Kier molecular flexibility index (Phi) is 7.42. The fourth-order valence-corrected chi connectivity index (χ4v) is 2.83. The van der Waals surface area contributed by atoms with Crippen molar-refractivity contribution in [3.05, 3.63) is 29.8 Å². The molecule has 0 saturated carbocycles. The highest BCUT2D eigenvalue weighted by atomic mass is 35.5.